The number of halogens is 3. The Morgan fingerprint density at radius 3 is 2.37 bits per heavy atom. The lowest BCUT2D eigenvalue weighted by Crippen LogP contribution is -2.52. The van der Waals surface area contributed by atoms with Crippen LogP contribution in [-0.2, 0) is 25.7 Å². The zero-order valence-corrected chi connectivity index (χ0v) is 28.5. The van der Waals surface area contributed by atoms with Gasteiger partial charge in [0.05, 0.1) is 17.8 Å². The molecule has 3 aliphatic heterocycles. The third-order valence-corrected chi connectivity index (χ3v) is 10.1. The summed E-state index contributed by atoms with van der Waals surface area (Å²) in [6.45, 7) is 1.66. The predicted molar refractivity (Wildman–Crippen MR) is 183 cm³/mol. The van der Waals surface area contributed by atoms with Gasteiger partial charge in [-0.1, -0.05) is 43.2 Å². The molecular weight excluding hydrogens is 663 g/mol. The smallest absolute Gasteiger partial charge is 0.253 e. The number of likely N-dealkylation sites (tertiary alicyclic amines) is 1. The van der Waals surface area contributed by atoms with Crippen molar-refractivity contribution in [1.29, 1.82) is 0 Å². The van der Waals surface area contributed by atoms with Crippen molar-refractivity contribution in [1.82, 2.24) is 24.3 Å². The first-order valence-electron chi connectivity index (χ1n) is 17.7. The molecule has 1 N–H and O–H groups in total. The summed E-state index contributed by atoms with van der Waals surface area (Å²) in [5, 5.41) is 10.3. The molecule has 3 atom stereocenters. The number of rotatable bonds is 15. The zero-order chi connectivity index (χ0) is 35.9. The average Bonchev–Trinajstić information content (AvgIpc) is 3.82. The van der Waals surface area contributed by atoms with Crippen LogP contribution in [0.3, 0.4) is 0 Å². The normalized spacial score (nSPS) is 20.4. The molecule has 0 aliphatic carbocycles. The molecule has 10 nitrogen and oxygen atoms in total. The van der Waals surface area contributed by atoms with Gasteiger partial charge in [-0.25, -0.2) is 18.2 Å². The molecule has 1 aromatic heterocycles. The number of aliphatic hydroxyl groups excluding tert-OH is 1. The first-order valence-corrected chi connectivity index (χ1v) is 17.7. The number of carbonyl (C=O) groups is 3. The number of hydrogen-bond acceptors (Lipinski definition) is 7. The lowest BCUT2D eigenvalue weighted by molar-refractivity contribution is -0.144. The number of hydrogen-bond donors (Lipinski definition) is 1. The zero-order valence-electron chi connectivity index (χ0n) is 28.5. The first kappa shape index (κ1) is 36.5. The topological polar surface area (TPSA) is 108 Å². The third-order valence-electron chi connectivity index (χ3n) is 10.1. The standard InChI is InChI=1S/C38H44F3N5O5/c39-28-10-11-30(40)29(20-28)32-23-44(21-26-8-4-3-5-9-26)38(42-32)37(27-14-18-51-19-15-27)46(36(50)25-47)33-24-43(22-31(33)41)16-6-1-2-7-17-45-34(48)12-13-35(45)49/h3-5,8-13,20,23,27,31,33,37,47H,1-2,6-7,14-19,21-22,24-25H2/t31-,33+,37+/m0/s1. The van der Waals surface area contributed by atoms with Crippen LogP contribution in [-0.4, -0.2) is 105 Å². The molecule has 3 aliphatic rings. The van der Waals surface area contributed by atoms with Gasteiger partial charge in [0.2, 0.25) is 5.91 Å². The summed E-state index contributed by atoms with van der Waals surface area (Å²) in [7, 11) is 0. The van der Waals surface area contributed by atoms with Crippen LogP contribution in [0.5, 0.6) is 0 Å². The van der Waals surface area contributed by atoms with Crippen LogP contribution in [0.2, 0.25) is 0 Å². The van der Waals surface area contributed by atoms with Gasteiger partial charge in [0, 0.05) is 63.3 Å². The van der Waals surface area contributed by atoms with E-state index in [1.54, 1.807) is 6.20 Å². The highest BCUT2D eigenvalue weighted by molar-refractivity contribution is 6.12. The van der Waals surface area contributed by atoms with E-state index in [4.69, 9.17) is 9.72 Å². The molecule has 4 heterocycles. The Morgan fingerprint density at radius 1 is 0.961 bits per heavy atom. The second-order valence-electron chi connectivity index (χ2n) is 13.5. The van der Waals surface area contributed by atoms with Crippen LogP contribution < -0.4 is 0 Å². The average molecular weight is 708 g/mol. The molecule has 3 aromatic rings. The number of alkyl halides is 1. The SMILES string of the molecule is O=C1C=CC(=O)N1CCCCCCN1C[C@@H](N(C(=O)CO)[C@@H](c2nc(-c3cc(F)ccc3F)cn2Cc2ccccc2)C2CCOCC2)[C@@H](F)C1. The molecule has 0 unspecified atom stereocenters. The molecule has 51 heavy (non-hydrogen) atoms. The van der Waals surface area contributed by atoms with E-state index in [1.807, 2.05) is 39.8 Å². The molecule has 6 rings (SSSR count). The summed E-state index contributed by atoms with van der Waals surface area (Å²) in [5.41, 5.74) is 1.07. The number of amides is 3. The van der Waals surface area contributed by atoms with Crippen LogP contribution in [0, 0.1) is 17.6 Å². The summed E-state index contributed by atoms with van der Waals surface area (Å²) in [4.78, 5) is 46.9. The molecule has 2 fully saturated rings. The Kier molecular flexibility index (Phi) is 12.0. The Hall–Kier alpha value is -4.33. The summed E-state index contributed by atoms with van der Waals surface area (Å²) in [6, 6.07) is 11.1. The van der Waals surface area contributed by atoms with Crippen LogP contribution in [0.4, 0.5) is 13.2 Å². The molecule has 0 spiro atoms. The second-order valence-corrected chi connectivity index (χ2v) is 13.5. The number of nitrogens with zero attached hydrogens (tertiary/aromatic N) is 5. The number of benzene rings is 2. The largest absolute Gasteiger partial charge is 0.387 e. The van der Waals surface area contributed by atoms with Crippen molar-refractivity contribution >= 4 is 17.7 Å². The van der Waals surface area contributed by atoms with Gasteiger partial charge in [-0.05, 0) is 61.9 Å². The first-order chi connectivity index (χ1) is 24.7. The van der Waals surface area contributed by atoms with E-state index in [0.29, 0.717) is 57.9 Å². The molecule has 2 saturated heterocycles. The summed E-state index contributed by atoms with van der Waals surface area (Å²) < 4.78 is 53.2. The number of aliphatic hydroxyl groups is 1. The second kappa shape index (κ2) is 16.8. The minimum absolute atomic E-state index is 0.0282. The summed E-state index contributed by atoms with van der Waals surface area (Å²) in [5.74, 6) is -2.29. The fourth-order valence-corrected chi connectivity index (χ4v) is 7.50. The van der Waals surface area contributed by atoms with Gasteiger partial charge in [0.15, 0.2) is 0 Å². The third kappa shape index (κ3) is 8.59. The van der Waals surface area contributed by atoms with Crippen LogP contribution in [0.25, 0.3) is 11.3 Å². The van der Waals surface area contributed by atoms with Gasteiger partial charge in [0.1, 0.15) is 30.2 Å². The van der Waals surface area contributed by atoms with E-state index in [2.05, 4.69) is 0 Å². The van der Waals surface area contributed by atoms with E-state index in [9.17, 15) is 23.9 Å². The highest BCUT2D eigenvalue weighted by Crippen LogP contribution is 2.40. The summed E-state index contributed by atoms with van der Waals surface area (Å²) in [6.07, 6.45) is 6.97. The maximum Gasteiger partial charge on any atom is 0.253 e. The highest BCUT2D eigenvalue weighted by Gasteiger charge is 2.46. The lowest BCUT2D eigenvalue weighted by Gasteiger charge is -2.42. The Morgan fingerprint density at radius 2 is 1.67 bits per heavy atom. The van der Waals surface area contributed by atoms with Gasteiger partial charge in [-0.3, -0.25) is 24.2 Å². The summed E-state index contributed by atoms with van der Waals surface area (Å²) >= 11 is 0. The molecule has 3 amide bonds. The van der Waals surface area contributed by atoms with Crippen LogP contribution >= 0.6 is 0 Å². The molecule has 0 saturated carbocycles. The lowest BCUT2D eigenvalue weighted by atomic mass is 9.88. The molecule has 0 bridgehead atoms. The molecule has 272 valence electrons. The van der Waals surface area contributed by atoms with E-state index in [1.165, 1.54) is 22.0 Å². The fourth-order valence-electron chi connectivity index (χ4n) is 7.50. The Bertz CT molecular complexity index is 1690. The molecule has 13 heteroatoms. The van der Waals surface area contributed by atoms with Gasteiger partial charge < -0.3 is 19.3 Å². The quantitative estimate of drug-likeness (QED) is 0.181. The number of carbonyl (C=O) groups excluding carboxylic acids is 3. The van der Waals surface area contributed by atoms with Crippen molar-refractivity contribution in [3.63, 3.8) is 0 Å². The maximum atomic E-state index is 16.2. The molecule has 0 radical (unpaired) electrons. The van der Waals surface area contributed by atoms with E-state index < -0.39 is 42.4 Å². The van der Waals surface area contributed by atoms with Crippen molar-refractivity contribution in [2.45, 2.75) is 63.3 Å². The van der Waals surface area contributed by atoms with Crippen molar-refractivity contribution in [3.8, 4) is 11.3 Å². The van der Waals surface area contributed by atoms with Gasteiger partial charge in [-0.15, -0.1) is 0 Å². The fraction of sp³-hybridized carbons (Fsp3) is 0.474. The Labute approximate surface area is 295 Å². The van der Waals surface area contributed by atoms with Crippen molar-refractivity contribution in [3.05, 3.63) is 89.9 Å². The predicted octanol–water partition coefficient (Wildman–Crippen LogP) is 4.67. The maximum absolute atomic E-state index is 16.2. The Balaban J connectivity index is 1.25. The van der Waals surface area contributed by atoms with Crippen molar-refractivity contribution in [2.24, 2.45) is 5.92 Å². The minimum atomic E-state index is -1.40. The van der Waals surface area contributed by atoms with E-state index in [0.717, 1.165) is 43.0 Å². The number of unbranched alkanes of at least 4 members (excludes halogenated alkanes) is 3. The van der Waals surface area contributed by atoms with Crippen molar-refractivity contribution < 1.29 is 37.4 Å². The minimum Gasteiger partial charge on any atom is -0.387 e. The number of aromatic nitrogens is 2. The highest BCUT2D eigenvalue weighted by atomic mass is 19.1. The monoisotopic (exact) mass is 707 g/mol. The van der Waals surface area contributed by atoms with E-state index in [-0.39, 0.29) is 42.1 Å². The van der Waals surface area contributed by atoms with Gasteiger partial charge in [0.25, 0.3) is 11.8 Å². The van der Waals surface area contributed by atoms with Crippen LogP contribution in [0.15, 0.2) is 66.9 Å². The van der Waals surface area contributed by atoms with Crippen LogP contribution in [0.1, 0.15) is 56.0 Å². The molecular formula is C38H44F3N5O5. The van der Waals surface area contributed by atoms with E-state index >= 15 is 8.78 Å². The number of ether oxygens (including phenoxy) is 1. The number of imidazole rings is 1. The van der Waals surface area contributed by atoms with Gasteiger partial charge >= 0.3 is 0 Å². The molecule has 2 aromatic carbocycles. The number of imide groups is 1. The van der Waals surface area contributed by atoms with Crippen molar-refractivity contribution in [2.75, 3.05) is 46.0 Å². The van der Waals surface area contributed by atoms with Gasteiger partial charge in [-0.2, -0.15) is 0 Å².